The van der Waals surface area contributed by atoms with Gasteiger partial charge in [0.2, 0.25) is 0 Å². The zero-order valence-corrected chi connectivity index (χ0v) is 15.9. The maximum atomic E-state index is 12.0. The highest BCUT2D eigenvalue weighted by atomic mass is 16.5. The van der Waals surface area contributed by atoms with E-state index in [4.69, 9.17) is 4.74 Å². The predicted molar refractivity (Wildman–Crippen MR) is 100 cm³/mol. The highest BCUT2D eigenvalue weighted by Gasteiger charge is 2.29. The number of rotatable bonds is 9. The summed E-state index contributed by atoms with van der Waals surface area (Å²) in [6, 6.07) is 9.36. The second kappa shape index (κ2) is 9.30. The van der Waals surface area contributed by atoms with E-state index in [1.54, 1.807) is 29.0 Å². The number of urea groups is 1. The molecule has 1 aromatic carbocycles. The summed E-state index contributed by atoms with van der Waals surface area (Å²) in [7, 11) is 5.33. The lowest BCUT2D eigenvalue weighted by Crippen LogP contribution is -2.54. The van der Waals surface area contributed by atoms with E-state index in [0.29, 0.717) is 19.6 Å². The van der Waals surface area contributed by atoms with Gasteiger partial charge in [0.15, 0.2) is 0 Å². The van der Waals surface area contributed by atoms with Crippen molar-refractivity contribution < 1.29 is 14.6 Å². The van der Waals surface area contributed by atoms with Crippen LogP contribution in [0.25, 0.3) is 0 Å². The molecular weight excluding hydrogens is 334 g/mol. The zero-order chi connectivity index (χ0) is 19.1. The minimum Gasteiger partial charge on any atom is -0.491 e. The monoisotopic (exact) mass is 363 g/mol. The molecule has 1 heterocycles. The average Bonchev–Trinajstić information content (AvgIpc) is 2.66. The smallest absolute Gasteiger partial charge is 0.342 e. The number of ether oxygens (including phenoxy) is 1. The van der Waals surface area contributed by atoms with E-state index < -0.39 is 6.10 Å². The van der Waals surface area contributed by atoms with Crippen molar-refractivity contribution in [3.8, 4) is 5.75 Å². The lowest BCUT2D eigenvalue weighted by Gasteiger charge is -2.41. The van der Waals surface area contributed by atoms with E-state index in [1.165, 1.54) is 0 Å². The van der Waals surface area contributed by atoms with Gasteiger partial charge in [0.25, 0.3) is 0 Å². The molecule has 0 aliphatic carbocycles. The van der Waals surface area contributed by atoms with Gasteiger partial charge in [0.1, 0.15) is 24.3 Å². The zero-order valence-electron chi connectivity index (χ0n) is 15.9. The third-order valence-corrected chi connectivity index (χ3v) is 4.34. The fraction of sp³-hybridized carbons (Fsp3) is 0.500. The van der Waals surface area contributed by atoms with Gasteiger partial charge >= 0.3 is 6.03 Å². The number of hydrogen-bond donors (Lipinski definition) is 3. The number of carbonyl (C=O) groups is 1. The molecule has 144 valence electrons. The minimum absolute atomic E-state index is 0.0739. The summed E-state index contributed by atoms with van der Waals surface area (Å²) in [5.41, 5.74) is 0.867. The average molecular weight is 363 g/mol. The van der Waals surface area contributed by atoms with Gasteiger partial charge in [-0.05, 0) is 19.1 Å². The fourth-order valence-electron chi connectivity index (χ4n) is 2.58. The Morgan fingerprint density at radius 2 is 1.81 bits per heavy atom. The number of allylic oxidation sites excluding steroid dienone is 1. The van der Waals surface area contributed by atoms with Crippen LogP contribution in [0.1, 0.15) is 6.92 Å². The van der Waals surface area contributed by atoms with Gasteiger partial charge in [-0.2, -0.15) is 0 Å². The normalized spacial score (nSPS) is 16.2. The van der Waals surface area contributed by atoms with E-state index in [2.05, 4.69) is 10.6 Å². The Morgan fingerprint density at radius 3 is 2.50 bits per heavy atom. The molecule has 0 saturated carbocycles. The largest absolute Gasteiger partial charge is 0.491 e. The topological polar surface area (TPSA) is 80.3 Å². The molecular formula is C18H29N5O3. The summed E-state index contributed by atoms with van der Waals surface area (Å²) in [6.07, 6.45) is -0.580. The summed E-state index contributed by atoms with van der Waals surface area (Å²) in [5.74, 6) is 1.63. The van der Waals surface area contributed by atoms with E-state index >= 15 is 0 Å². The molecule has 26 heavy (non-hydrogen) atoms. The first-order valence-electron chi connectivity index (χ1n) is 8.68. The van der Waals surface area contributed by atoms with Crippen molar-refractivity contribution in [2.24, 2.45) is 0 Å². The molecule has 0 saturated heterocycles. The standard InChI is InChI=1S/C18H29N5O3/c1-14-17(22(3)23(4)18(25)21(14)2)20-11-10-19-12-15(24)13-26-16-8-6-5-7-9-16/h5-9,15,19-20,24H,10-13H2,1-4H3. The summed E-state index contributed by atoms with van der Waals surface area (Å²) in [6.45, 7) is 3.94. The van der Waals surface area contributed by atoms with Crippen LogP contribution in [0.15, 0.2) is 41.8 Å². The molecule has 1 unspecified atom stereocenters. The van der Waals surface area contributed by atoms with Gasteiger partial charge in [-0.25, -0.2) is 9.80 Å². The number of carbonyl (C=O) groups excluding carboxylic acids is 1. The number of aliphatic hydroxyl groups is 1. The molecule has 1 atom stereocenters. The number of nitrogens with zero attached hydrogens (tertiary/aromatic N) is 3. The van der Waals surface area contributed by atoms with Gasteiger partial charge in [-0.15, -0.1) is 0 Å². The van der Waals surface area contributed by atoms with Gasteiger partial charge in [-0.1, -0.05) is 18.2 Å². The van der Waals surface area contributed by atoms with Crippen LogP contribution in [0.5, 0.6) is 5.75 Å². The fourth-order valence-corrected chi connectivity index (χ4v) is 2.58. The van der Waals surface area contributed by atoms with Crippen LogP contribution in [0, 0.1) is 0 Å². The molecule has 8 nitrogen and oxygen atoms in total. The summed E-state index contributed by atoms with van der Waals surface area (Å²) in [4.78, 5) is 13.6. The molecule has 0 fully saturated rings. The first-order valence-corrected chi connectivity index (χ1v) is 8.68. The number of para-hydroxylation sites is 1. The van der Waals surface area contributed by atoms with E-state index in [0.717, 1.165) is 17.3 Å². The molecule has 0 aromatic heterocycles. The second-order valence-electron chi connectivity index (χ2n) is 6.23. The van der Waals surface area contributed by atoms with Crippen molar-refractivity contribution in [1.29, 1.82) is 0 Å². The predicted octanol–water partition coefficient (Wildman–Crippen LogP) is 0.639. The molecule has 0 radical (unpaired) electrons. The number of hydrazine groups is 1. The first kappa shape index (κ1) is 19.9. The van der Waals surface area contributed by atoms with Crippen molar-refractivity contribution >= 4 is 6.03 Å². The molecule has 2 amide bonds. The van der Waals surface area contributed by atoms with Crippen molar-refractivity contribution in [3.63, 3.8) is 0 Å². The Hall–Kier alpha value is -2.45. The van der Waals surface area contributed by atoms with E-state index in [9.17, 15) is 9.90 Å². The van der Waals surface area contributed by atoms with Gasteiger partial charge < -0.3 is 20.5 Å². The molecule has 0 bridgehead atoms. The molecule has 1 aromatic rings. The van der Waals surface area contributed by atoms with Crippen LogP contribution in [-0.2, 0) is 0 Å². The second-order valence-corrected chi connectivity index (χ2v) is 6.23. The lowest BCUT2D eigenvalue weighted by molar-refractivity contribution is 0.0519. The molecule has 1 aliphatic heterocycles. The summed E-state index contributed by atoms with van der Waals surface area (Å²) in [5, 5.41) is 19.8. The SMILES string of the molecule is CC1=C(NCCNCC(O)COc2ccccc2)N(C)N(C)C(=O)N1C. The Bertz CT molecular complexity index is 623. The summed E-state index contributed by atoms with van der Waals surface area (Å²) < 4.78 is 5.52. The quantitative estimate of drug-likeness (QED) is 0.559. The number of benzene rings is 1. The van der Waals surface area contributed by atoms with Crippen LogP contribution in [0.2, 0.25) is 0 Å². The van der Waals surface area contributed by atoms with Crippen LogP contribution >= 0.6 is 0 Å². The number of nitrogens with one attached hydrogen (secondary N) is 2. The Balaban J connectivity index is 1.67. The molecule has 2 rings (SSSR count). The Morgan fingerprint density at radius 1 is 1.12 bits per heavy atom. The van der Waals surface area contributed by atoms with Crippen molar-refractivity contribution in [2.75, 3.05) is 47.4 Å². The first-order chi connectivity index (χ1) is 12.4. The highest BCUT2D eigenvalue weighted by Crippen LogP contribution is 2.18. The number of hydrogen-bond acceptors (Lipinski definition) is 6. The van der Waals surface area contributed by atoms with Crippen LogP contribution < -0.4 is 15.4 Å². The van der Waals surface area contributed by atoms with Gasteiger partial charge in [-0.3, -0.25) is 9.91 Å². The maximum Gasteiger partial charge on any atom is 0.342 e. The highest BCUT2D eigenvalue weighted by molar-refractivity contribution is 5.76. The maximum absolute atomic E-state index is 12.0. The third-order valence-electron chi connectivity index (χ3n) is 4.34. The van der Waals surface area contributed by atoms with Crippen molar-refractivity contribution in [2.45, 2.75) is 13.0 Å². The van der Waals surface area contributed by atoms with Crippen LogP contribution in [0.4, 0.5) is 4.79 Å². The third kappa shape index (κ3) is 5.03. The van der Waals surface area contributed by atoms with Gasteiger partial charge in [0.05, 0.1) is 5.70 Å². The lowest BCUT2D eigenvalue weighted by atomic mass is 10.3. The van der Waals surface area contributed by atoms with Crippen molar-refractivity contribution in [1.82, 2.24) is 25.6 Å². The summed E-state index contributed by atoms with van der Waals surface area (Å²) >= 11 is 0. The molecule has 8 heteroatoms. The van der Waals surface area contributed by atoms with Crippen LogP contribution in [-0.4, -0.2) is 79.5 Å². The molecule has 1 aliphatic rings. The van der Waals surface area contributed by atoms with Crippen molar-refractivity contribution in [3.05, 3.63) is 41.8 Å². The molecule has 3 N–H and O–H groups in total. The van der Waals surface area contributed by atoms with E-state index in [-0.39, 0.29) is 12.6 Å². The van der Waals surface area contributed by atoms with E-state index in [1.807, 2.05) is 44.3 Å². The minimum atomic E-state index is -0.580. The molecule has 0 spiro atoms. The van der Waals surface area contributed by atoms with Crippen LogP contribution in [0.3, 0.4) is 0 Å². The Labute approximate surface area is 155 Å². The van der Waals surface area contributed by atoms with Gasteiger partial charge in [0, 0.05) is 40.8 Å². The number of amides is 2. The Kier molecular flexibility index (Phi) is 7.11. The number of aliphatic hydroxyl groups excluding tert-OH is 1.